The maximum absolute atomic E-state index is 5.15. The van der Waals surface area contributed by atoms with Crippen molar-refractivity contribution in [3.63, 3.8) is 0 Å². The Bertz CT molecular complexity index is 285. The first-order valence-electron chi connectivity index (χ1n) is 5.31. The summed E-state index contributed by atoms with van der Waals surface area (Å²) in [6.45, 7) is 4.86. The molecule has 1 atom stereocenters. The Hall–Kier alpha value is -1.16. The van der Waals surface area contributed by atoms with Crippen molar-refractivity contribution in [2.45, 2.75) is 32.7 Å². The molecule has 1 N–H and O–H groups in total. The van der Waals surface area contributed by atoms with E-state index in [1.807, 2.05) is 13.0 Å². The van der Waals surface area contributed by atoms with Gasteiger partial charge in [0.25, 0.3) is 0 Å². The van der Waals surface area contributed by atoms with E-state index in [-0.39, 0.29) is 0 Å². The molecule has 0 aromatic carbocycles. The number of hydrogen-bond acceptors (Lipinski definition) is 4. The maximum atomic E-state index is 5.15. The SMILES string of the molecule is CCCC(COC)Nc1cc(C)cnn1. The Morgan fingerprint density at radius 1 is 1.53 bits per heavy atom. The third-order valence-corrected chi connectivity index (χ3v) is 2.15. The number of nitrogens with one attached hydrogen (secondary N) is 1. The number of aryl methyl sites for hydroxylation is 1. The number of ether oxygens (including phenoxy) is 1. The molecule has 1 heterocycles. The second kappa shape index (κ2) is 6.35. The van der Waals surface area contributed by atoms with Gasteiger partial charge in [0.1, 0.15) is 5.82 Å². The monoisotopic (exact) mass is 209 g/mol. The molecule has 84 valence electrons. The zero-order chi connectivity index (χ0) is 11.1. The molecule has 0 amide bonds. The van der Waals surface area contributed by atoms with Gasteiger partial charge in [0, 0.05) is 7.11 Å². The van der Waals surface area contributed by atoms with Crippen molar-refractivity contribution in [3.05, 3.63) is 17.8 Å². The number of nitrogens with zero attached hydrogens (tertiary/aromatic N) is 2. The van der Waals surface area contributed by atoms with E-state index in [0.29, 0.717) is 12.6 Å². The zero-order valence-electron chi connectivity index (χ0n) is 9.66. The Labute approximate surface area is 91.1 Å². The van der Waals surface area contributed by atoms with Gasteiger partial charge in [-0.25, -0.2) is 0 Å². The predicted molar refractivity (Wildman–Crippen MR) is 61.0 cm³/mol. The Balaban J connectivity index is 2.56. The average Bonchev–Trinajstić information content (AvgIpc) is 2.18. The van der Waals surface area contributed by atoms with E-state index in [4.69, 9.17) is 4.74 Å². The van der Waals surface area contributed by atoms with Gasteiger partial charge in [-0.1, -0.05) is 13.3 Å². The molecule has 0 aliphatic carbocycles. The highest BCUT2D eigenvalue weighted by atomic mass is 16.5. The van der Waals surface area contributed by atoms with Crippen LogP contribution in [0.5, 0.6) is 0 Å². The van der Waals surface area contributed by atoms with Crippen molar-refractivity contribution < 1.29 is 4.74 Å². The van der Waals surface area contributed by atoms with Gasteiger partial charge in [0.15, 0.2) is 0 Å². The molecule has 0 saturated heterocycles. The molecule has 1 unspecified atom stereocenters. The topological polar surface area (TPSA) is 47.0 Å². The Morgan fingerprint density at radius 3 is 2.93 bits per heavy atom. The first kappa shape index (κ1) is 11.9. The summed E-state index contributed by atoms with van der Waals surface area (Å²) in [4.78, 5) is 0. The van der Waals surface area contributed by atoms with Crippen LogP contribution in [0.3, 0.4) is 0 Å². The fourth-order valence-electron chi connectivity index (χ4n) is 1.49. The molecule has 0 bridgehead atoms. The number of rotatable bonds is 6. The fraction of sp³-hybridized carbons (Fsp3) is 0.636. The normalized spacial score (nSPS) is 12.5. The van der Waals surface area contributed by atoms with E-state index in [1.165, 1.54) is 0 Å². The van der Waals surface area contributed by atoms with Gasteiger partial charge in [0.05, 0.1) is 18.8 Å². The average molecular weight is 209 g/mol. The molecular formula is C11H19N3O. The summed E-state index contributed by atoms with van der Waals surface area (Å²) in [5.41, 5.74) is 1.11. The second-order valence-corrected chi connectivity index (χ2v) is 3.70. The highest BCUT2D eigenvalue weighted by Crippen LogP contribution is 2.08. The summed E-state index contributed by atoms with van der Waals surface area (Å²) in [7, 11) is 1.71. The first-order chi connectivity index (χ1) is 7.26. The number of aromatic nitrogens is 2. The van der Waals surface area contributed by atoms with Crippen LogP contribution in [0.15, 0.2) is 12.3 Å². The summed E-state index contributed by atoms with van der Waals surface area (Å²) < 4.78 is 5.15. The lowest BCUT2D eigenvalue weighted by atomic mass is 10.2. The van der Waals surface area contributed by atoms with Crippen LogP contribution in [0, 0.1) is 6.92 Å². The summed E-state index contributed by atoms with van der Waals surface area (Å²) in [5, 5.41) is 11.3. The third kappa shape index (κ3) is 4.25. The van der Waals surface area contributed by atoms with Gasteiger partial charge < -0.3 is 10.1 Å². The lowest BCUT2D eigenvalue weighted by molar-refractivity contribution is 0.182. The van der Waals surface area contributed by atoms with Gasteiger partial charge in [-0.05, 0) is 25.0 Å². The molecule has 1 aromatic heterocycles. The van der Waals surface area contributed by atoms with Crippen molar-refractivity contribution in [1.29, 1.82) is 0 Å². The minimum absolute atomic E-state index is 0.316. The molecule has 4 nitrogen and oxygen atoms in total. The van der Waals surface area contributed by atoms with E-state index in [1.54, 1.807) is 13.3 Å². The van der Waals surface area contributed by atoms with Gasteiger partial charge in [-0.2, -0.15) is 5.10 Å². The van der Waals surface area contributed by atoms with Crippen molar-refractivity contribution in [1.82, 2.24) is 10.2 Å². The van der Waals surface area contributed by atoms with Gasteiger partial charge in [0.2, 0.25) is 0 Å². The van der Waals surface area contributed by atoms with Crippen molar-refractivity contribution >= 4 is 5.82 Å². The molecule has 0 radical (unpaired) electrons. The minimum Gasteiger partial charge on any atom is -0.383 e. The van der Waals surface area contributed by atoms with E-state index < -0.39 is 0 Å². The standard InChI is InChI=1S/C11H19N3O/c1-4-5-10(8-15-3)13-11-6-9(2)7-12-14-11/h6-7,10H,4-5,8H2,1-3H3,(H,13,14). The molecule has 1 aromatic rings. The lowest BCUT2D eigenvalue weighted by Crippen LogP contribution is -2.25. The number of hydrogen-bond donors (Lipinski definition) is 1. The molecule has 1 rings (SSSR count). The van der Waals surface area contributed by atoms with Crippen LogP contribution in [0.2, 0.25) is 0 Å². The van der Waals surface area contributed by atoms with Crippen molar-refractivity contribution in [3.8, 4) is 0 Å². The van der Waals surface area contributed by atoms with Crippen LogP contribution < -0.4 is 5.32 Å². The van der Waals surface area contributed by atoms with Crippen LogP contribution in [0.1, 0.15) is 25.3 Å². The Morgan fingerprint density at radius 2 is 2.33 bits per heavy atom. The van der Waals surface area contributed by atoms with Gasteiger partial charge >= 0.3 is 0 Å². The van der Waals surface area contributed by atoms with Crippen LogP contribution in [-0.4, -0.2) is 30.0 Å². The highest BCUT2D eigenvalue weighted by Gasteiger charge is 2.07. The summed E-state index contributed by atoms with van der Waals surface area (Å²) in [6.07, 6.45) is 3.94. The maximum Gasteiger partial charge on any atom is 0.149 e. The predicted octanol–water partition coefficient (Wildman–Crippen LogP) is 2.01. The molecule has 0 aliphatic heterocycles. The largest absolute Gasteiger partial charge is 0.383 e. The van der Waals surface area contributed by atoms with Gasteiger partial charge in [-0.15, -0.1) is 5.10 Å². The quantitative estimate of drug-likeness (QED) is 0.778. The van der Waals surface area contributed by atoms with Crippen molar-refractivity contribution in [2.24, 2.45) is 0 Å². The van der Waals surface area contributed by atoms with E-state index in [0.717, 1.165) is 24.2 Å². The Kier molecular flexibility index (Phi) is 5.04. The molecule has 15 heavy (non-hydrogen) atoms. The fourth-order valence-corrected chi connectivity index (χ4v) is 1.49. The van der Waals surface area contributed by atoms with E-state index >= 15 is 0 Å². The van der Waals surface area contributed by atoms with Crippen LogP contribution in [0.25, 0.3) is 0 Å². The molecular weight excluding hydrogens is 190 g/mol. The first-order valence-corrected chi connectivity index (χ1v) is 5.31. The number of methoxy groups -OCH3 is 1. The summed E-state index contributed by atoms with van der Waals surface area (Å²) in [6, 6.07) is 2.31. The number of anilines is 1. The minimum atomic E-state index is 0.316. The van der Waals surface area contributed by atoms with Crippen LogP contribution >= 0.6 is 0 Å². The van der Waals surface area contributed by atoms with E-state index in [9.17, 15) is 0 Å². The second-order valence-electron chi connectivity index (χ2n) is 3.70. The third-order valence-electron chi connectivity index (χ3n) is 2.15. The summed E-state index contributed by atoms with van der Waals surface area (Å²) in [5.74, 6) is 0.825. The van der Waals surface area contributed by atoms with E-state index in [2.05, 4.69) is 22.4 Å². The molecule has 0 spiro atoms. The molecule has 0 aliphatic rings. The summed E-state index contributed by atoms with van der Waals surface area (Å²) >= 11 is 0. The van der Waals surface area contributed by atoms with Crippen molar-refractivity contribution in [2.75, 3.05) is 19.0 Å². The van der Waals surface area contributed by atoms with Gasteiger partial charge in [-0.3, -0.25) is 0 Å². The smallest absolute Gasteiger partial charge is 0.149 e. The molecule has 4 heteroatoms. The lowest BCUT2D eigenvalue weighted by Gasteiger charge is -2.17. The zero-order valence-corrected chi connectivity index (χ0v) is 9.66. The van der Waals surface area contributed by atoms with Crippen LogP contribution in [-0.2, 0) is 4.74 Å². The molecule has 0 fully saturated rings. The van der Waals surface area contributed by atoms with Crippen LogP contribution in [0.4, 0.5) is 5.82 Å². The molecule has 0 saturated carbocycles. The highest BCUT2D eigenvalue weighted by molar-refractivity contribution is 5.36.